The topological polar surface area (TPSA) is 27.6 Å². The van der Waals surface area contributed by atoms with Gasteiger partial charge in [0.15, 0.2) is 5.96 Å². The molecule has 1 heterocycles. The number of nitrogens with zero attached hydrogens (tertiary/aromatic N) is 2. The summed E-state index contributed by atoms with van der Waals surface area (Å²) in [4.78, 5) is 7.24. The van der Waals surface area contributed by atoms with Crippen LogP contribution in [-0.4, -0.2) is 48.0 Å². The van der Waals surface area contributed by atoms with Crippen molar-refractivity contribution in [2.24, 2.45) is 10.9 Å². The van der Waals surface area contributed by atoms with Crippen LogP contribution in [0.3, 0.4) is 0 Å². The molecule has 98 valence electrons. The Morgan fingerprint density at radius 3 is 2.88 bits per heavy atom. The molecule has 1 atom stereocenters. The lowest BCUT2D eigenvalue weighted by Crippen LogP contribution is -2.48. The highest BCUT2D eigenvalue weighted by Gasteiger charge is 2.24. The summed E-state index contributed by atoms with van der Waals surface area (Å²) in [6.45, 7) is 8.76. The normalized spacial score (nSPS) is 26.1. The fraction of sp³-hybridized carbons (Fsp3) is 0.923. The summed E-state index contributed by atoms with van der Waals surface area (Å²) in [5.41, 5.74) is 0. The first-order valence-electron chi connectivity index (χ1n) is 6.98. The highest BCUT2D eigenvalue weighted by atomic mass is 32.2. The van der Waals surface area contributed by atoms with Gasteiger partial charge in [0.25, 0.3) is 0 Å². The molecule has 1 aliphatic carbocycles. The molecule has 2 aliphatic rings. The third kappa shape index (κ3) is 4.09. The summed E-state index contributed by atoms with van der Waals surface area (Å²) in [5, 5.41) is 4.23. The summed E-state index contributed by atoms with van der Waals surface area (Å²) in [6.07, 6.45) is 4.04. The predicted octanol–water partition coefficient (Wildman–Crippen LogP) is 2.19. The van der Waals surface area contributed by atoms with Crippen LogP contribution in [-0.2, 0) is 0 Å². The molecule has 0 bridgehead atoms. The van der Waals surface area contributed by atoms with Crippen LogP contribution in [0.4, 0.5) is 0 Å². The Morgan fingerprint density at radius 1 is 1.41 bits per heavy atom. The minimum Gasteiger partial charge on any atom is -0.357 e. The van der Waals surface area contributed by atoms with Gasteiger partial charge in [0.05, 0.1) is 0 Å². The van der Waals surface area contributed by atoms with Crippen molar-refractivity contribution in [3.63, 3.8) is 0 Å². The van der Waals surface area contributed by atoms with Gasteiger partial charge in [0, 0.05) is 37.2 Å². The van der Waals surface area contributed by atoms with Crippen molar-refractivity contribution in [1.82, 2.24) is 10.2 Å². The predicted molar refractivity (Wildman–Crippen MR) is 76.8 cm³/mol. The van der Waals surface area contributed by atoms with E-state index >= 15 is 0 Å². The van der Waals surface area contributed by atoms with Gasteiger partial charge in [0.1, 0.15) is 0 Å². The van der Waals surface area contributed by atoms with E-state index in [1.165, 1.54) is 25.0 Å². The second-order valence-corrected chi connectivity index (χ2v) is 6.39. The van der Waals surface area contributed by atoms with Crippen LogP contribution in [0.1, 0.15) is 33.1 Å². The third-order valence-electron chi connectivity index (χ3n) is 3.42. The van der Waals surface area contributed by atoms with Crippen LogP contribution in [0, 0.1) is 5.92 Å². The number of hydrogen-bond acceptors (Lipinski definition) is 2. The van der Waals surface area contributed by atoms with Crippen molar-refractivity contribution in [3.05, 3.63) is 0 Å². The lowest BCUT2D eigenvalue weighted by molar-refractivity contribution is 0.408. The van der Waals surface area contributed by atoms with Gasteiger partial charge in [-0.2, -0.15) is 11.8 Å². The zero-order valence-electron chi connectivity index (χ0n) is 11.1. The van der Waals surface area contributed by atoms with E-state index in [4.69, 9.17) is 4.99 Å². The molecular weight excluding hydrogens is 230 g/mol. The van der Waals surface area contributed by atoms with Gasteiger partial charge in [0.2, 0.25) is 0 Å². The monoisotopic (exact) mass is 255 g/mol. The summed E-state index contributed by atoms with van der Waals surface area (Å²) < 4.78 is 0. The highest BCUT2D eigenvalue weighted by molar-refractivity contribution is 8.00. The number of guanidine groups is 1. The Kier molecular flexibility index (Phi) is 5.01. The first kappa shape index (κ1) is 13.1. The largest absolute Gasteiger partial charge is 0.357 e. The molecule has 1 unspecified atom stereocenters. The standard InChI is InChI=1S/C13H25N3S/c1-3-12-10-16(7-8-17-12)13(14-4-2)15-9-11-5-6-11/h11-12H,3-10H2,1-2H3,(H,14,15). The molecule has 0 spiro atoms. The smallest absolute Gasteiger partial charge is 0.193 e. The van der Waals surface area contributed by atoms with Crippen molar-refractivity contribution >= 4 is 17.7 Å². The first-order valence-corrected chi connectivity index (χ1v) is 8.03. The number of aliphatic imine (C=N–C) groups is 1. The van der Waals surface area contributed by atoms with Gasteiger partial charge < -0.3 is 10.2 Å². The van der Waals surface area contributed by atoms with Gasteiger partial charge in [-0.25, -0.2) is 0 Å². The van der Waals surface area contributed by atoms with Gasteiger partial charge in [-0.1, -0.05) is 6.92 Å². The van der Waals surface area contributed by atoms with Crippen molar-refractivity contribution in [3.8, 4) is 0 Å². The molecule has 2 rings (SSSR count). The summed E-state index contributed by atoms with van der Waals surface area (Å²) in [5.74, 6) is 3.27. The molecule has 1 N–H and O–H groups in total. The minimum atomic E-state index is 0.786. The average Bonchev–Trinajstić information content (AvgIpc) is 3.18. The second kappa shape index (κ2) is 6.53. The summed E-state index contributed by atoms with van der Waals surface area (Å²) in [6, 6.07) is 0. The molecule has 0 aromatic carbocycles. The van der Waals surface area contributed by atoms with Gasteiger partial charge in [-0.05, 0) is 32.1 Å². The van der Waals surface area contributed by atoms with E-state index < -0.39 is 0 Å². The molecule has 1 saturated heterocycles. The zero-order chi connectivity index (χ0) is 12.1. The molecule has 0 radical (unpaired) electrons. The van der Waals surface area contributed by atoms with E-state index in [1.54, 1.807) is 0 Å². The van der Waals surface area contributed by atoms with Crippen molar-refractivity contribution in [2.45, 2.75) is 38.4 Å². The number of hydrogen-bond donors (Lipinski definition) is 1. The van der Waals surface area contributed by atoms with E-state index in [2.05, 4.69) is 35.8 Å². The highest BCUT2D eigenvalue weighted by Crippen LogP contribution is 2.29. The van der Waals surface area contributed by atoms with Crippen LogP contribution in [0.25, 0.3) is 0 Å². The Balaban J connectivity index is 1.90. The summed E-state index contributed by atoms with van der Waals surface area (Å²) >= 11 is 2.11. The van der Waals surface area contributed by atoms with Crippen LogP contribution in [0.15, 0.2) is 4.99 Å². The van der Waals surface area contributed by atoms with Crippen LogP contribution >= 0.6 is 11.8 Å². The van der Waals surface area contributed by atoms with Gasteiger partial charge in [-0.3, -0.25) is 4.99 Å². The Hall–Kier alpha value is -0.380. The maximum atomic E-state index is 4.79. The number of rotatable bonds is 4. The molecular formula is C13H25N3S. The molecule has 0 amide bonds. The Labute approximate surface area is 109 Å². The lowest BCUT2D eigenvalue weighted by atomic mass is 10.3. The van der Waals surface area contributed by atoms with Gasteiger partial charge in [-0.15, -0.1) is 0 Å². The molecule has 2 fully saturated rings. The van der Waals surface area contributed by atoms with E-state index in [0.717, 1.165) is 43.3 Å². The Bertz CT molecular complexity index is 263. The molecule has 4 heteroatoms. The van der Waals surface area contributed by atoms with Crippen molar-refractivity contribution in [2.75, 3.05) is 31.9 Å². The molecule has 0 aromatic heterocycles. The first-order chi connectivity index (χ1) is 8.33. The van der Waals surface area contributed by atoms with Gasteiger partial charge >= 0.3 is 0 Å². The SMILES string of the molecule is CCNC(=NCC1CC1)N1CCSC(CC)C1. The molecule has 1 saturated carbocycles. The molecule has 17 heavy (non-hydrogen) atoms. The number of thioether (sulfide) groups is 1. The van der Waals surface area contributed by atoms with Crippen LogP contribution < -0.4 is 5.32 Å². The third-order valence-corrected chi connectivity index (χ3v) is 4.80. The fourth-order valence-electron chi connectivity index (χ4n) is 2.10. The van der Waals surface area contributed by atoms with Crippen LogP contribution in [0.2, 0.25) is 0 Å². The minimum absolute atomic E-state index is 0.786. The molecule has 1 aliphatic heterocycles. The van der Waals surface area contributed by atoms with Crippen molar-refractivity contribution < 1.29 is 0 Å². The molecule has 3 nitrogen and oxygen atoms in total. The zero-order valence-corrected chi connectivity index (χ0v) is 11.9. The van der Waals surface area contributed by atoms with E-state index in [0.29, 0.717) is 0 Å². The van der Waals surface area contributed by atoms with Crippen molar-refractivity contribution in [1.29, 1.82) is 0 Å². The quantitative estimate of drug-likeness (QED) is 0.616. The number of nitrogens with one attached hydrogen (secondary N) is 1. The van der Waals surface area contributed by atoms with E-state index in [1.807, 2.05) is 0 Å². The Morgan fingerprint density at radius 2 is 2.24 bits per heavy atom. The van der Waals surface area contributed by atoms with Crippen LogP contribution in [0.5, 0.6) is 0 Å². The second-order valence-electron chi connectivity index (χ2n) is 4.99. The fourth-order valence-corrected chi connectivity index (χ4v) is 3.28. The maximum absolute atomic E-state index is 4.79. The van der Waals surface area contributed by atoms with E-state index in [-0.39, 0.29) is 0 Å². The molecule has 0 aromatic rings. The van der Waals surface area contributed by atoms with E-state index in [9.17, 15) is 0 Å². The maximum Gasteiger partial charge on any atom is 0.193 e. The summed E-state index contributed by atoms with van der Waals surface area (Å²) in [7, 11) is 0. The lowest BCUT2D eigenvalue weighted by Gasteiger charge is -2.34. The average molecular weight is 255 g/mol.